The predicted octanol–water partition coefficient (Wildman–Crippen LogP) is 3.69. The number of benzene rings is 1. The summed E-state index contributed by atoms with van der Waals surface area (Å²) in [6.07, 6.45) is 3.71. The summed E-state index contributed by atoms with van der Waals surface area (Å²) < 4.78 is 1.46. The Morgan fingerprint density at radius 2 is 2.07 bits per heavy atom. The Kier molecular flexibility index (Phi) is 4.83. The van der Waals surface area contributed by atoms with E-state index in [1.807, 2.05) is 42.2 Å². The van der Waals surface area contributed by atoms with Gasteiger partial charge in [0.15, 0.2) is 0 Å². The molecule has 1 aliphatic rings. The molecule has 0 bridgehead atoms. The highest BCUT2D eigenvalue weighted by atomic mass is 32.1. The Morgan fingerprint density at radius 3 is 2.81 bits per heavy atom. The minimum Gasteiger partial charge on any atom is -0.341 e. The first kappa shape index (κ1) is 17.9. The molecule has 0 N–H and O–H groups in total. The number of amides is 1. The lowest BCUT2D eigenvalue weighted by Gasteiger charge is -2.31. The summed E-state index contributed by atoms with van der Waals surface area (Å²) in [5.74, 6) is 0.522. The molecule has 1 atom stereocenters. The van der Waals surface area contributed by atoms with Crippen LogP contribution in [0.3, 0.4) is 0 Å². The Labute approximate surface area is 162 Å². The Hall–Kier alpha value is -2.47. The van der Waals surface area contributed by atoms with Crippen molar-refractivity contribution in [2.45, 2.75) is 33.2 Å². The van der Waals surface area contributed by atoms with E-state index < -0.39 is 0 Å². The summed E-state index contributed by atoms with van der Waals surface area (Å²) in [7, 11) is 0. The van der Waals surface area contributed by atoms with Gasteiger partial charge in [0, 0.05) is 18.0 Å². The lowest BCUT2D eigenvalue weighted by molar-refractivity contribution is -0.133. The van der Waals surface area contributed by atoms with Gasteiger partial charge in [0.25, 0.3) is 5.56 Å². The second-order valence-electron chi connectivity index (χ2n) is 7.37. The number of thiophene rings is 1. The minimum atomic E-state index is -0.130. The van der Waals surface area contributed by atoms with Crippen LogP contribution >= 0.6 is 11.3 Å². The fourth-order valence-electron chi connectivity index (χ4n) is 3.80. The van der Waals surface area contributed by atoms with Crippen LogP contribution in [0.25, 0.3) is 20.7 Å². The van der Waals surface area contributed by atoms with Crippen LogP contribution in [0.1, 0.15) is 25.3 Å². The number of hydrogen-bond acceptors (Lipinski definition) is 4. The summed E-state index contributed by atoms with van der Waals surface area (Å²) in [4.78, 5) is 33.8. The van der Waals surface area contributed by atoms with Crippen molar-refractivity contribution in [2.24, 2.45) is 5.92 Å². The van der Waals surface area contributed by atoms with Gasteiger partial charge in [-0.25, -0.2) is 4.98 Å². The fraction of sp³-hybridized carbons (Fsp3) is 0.381. The van der Waals surface area contributed by atoms with Gasteiger partial charge in [-0.1, -0.05) is 37.3 Å². The van der Waals surface area contributed by atoms with E-state index in [2.05, 4.69) is 11.9 Å². The molecule has 1 aliphatic heterocycles. The Balaban J connectivity index is 1.67. The number of nitrogens with zero attached hydrogens (tertiary/aromatic N) is 3. The van der Waals surface area contributed by atoms with Gasteiger partial charge >= 0.3 is 0 Å². The van der Waals surface area contributed by atoms with Crippen molar-refractivity contribution in [1.82, 2.24) is 14.5 Å². The van der Waals surface area contributed by atoms with Gasteiger partial charge in [-0.15, -0.1) is 11.3 Å². The lowest BCUT2D eigenvalue weighted by Crippen LogP contribution is -2.42. The molecule has 3 heterocycles. The first-order chi connectivity index (χ1) is 13.0. The topological polar surface area (TPSA) is 55.2 Å². The van der Waals surface area contributed by atoms with Crippen LogP contribution in [0.15, 0.2) is 41.5 Å². The van der Waals surface area contributed by atoms with Crippen molar-refractivity contribution in [2.75, 3.05) is 13.1 Å². The molecule has 3 aromatic rings. The Morgan fingerprint density at radius 1 is 1.30 bits per heavy atom. The van der Waals surface area contributed by atoms with Gasteiger partial charge in [0.2, 0.25) is 5.91 Å². The van der Waals surface area contributed by atoms with Crippen molar-refractivity contribution in [3.63, 3.8) is 0 Å². The number of likely N-dealkylation sites (tertiary alicyclic amines) is 1. The summed E-state index contributed by atoms with van der Waals surface area (Å²) >= 11 is 1.53. The number of aromatic nitrogens is 2. The third-order valence-electron chi connectivity index (χ3n) is 5.27. The maximum Gasteiger partial charge on any atom is 0.262 e. The van der Waals surface area contributed by atoms with Crippen LogP contribution in [0.2, 0.25) is 0 Å². The summed E-state index contributed by atoms with van der Waals surface area (Å²) in [6, 6.07) is 10.0. The number of fused-ring (bicyclic) bond motifs is 1. The second-order valence-corrected chi connectivity index (χ2v) is 8.37. The zero-order valence-electron chi connectivity index (χ0n) is 15.6. The average Bonchev–Trinajstić information content (AvgIpc) is 3.02. The summed E-state index contributed by atoms with van der Waals surface area (Å²) in [5, 5.41) is 0.626. The van der Waals surface area contributed by atoms with Crippen molar-refractivity contribution in [3.8, 4) is 10.4 Å². The number of carbonyl (C=O) groups is 1. The predicted molar refractivity (Wildman–Crippen MR) is 109 cm³/mol. The molecular weight excluding hydrogens is 358 g/mol. The molecule has 0 unspecified atom stereocenters. The maximum atomic E-state index is 13.0. The number of piperidine rings is 1. The van der Waals surface area contributed by atoms with Crippen LogP contribution in [-0.2, 0) is 11.3 Å². The van der Waals surface area contributed by atoms with Crippen molar-refractivity contribution >= 4 is 27.5 Å². The average molecular weight is 382 g/mol. The smallest absolute Gasteiger partial charge is 0.262 e. The molecule has 1 saturated heterocycles. The number of hydrogen-bond donors (Lipinski definition) is 0. The van der Waals surface area contributed by atoms with E-state index in [1.54, 1.807) is 0 Å². The summed E-state index contributed by atoms with van der Waals surface area (Å²) in [5.41, 5.74) is 1.89. The van der Waals surface area contributed by atoms with Gasteiger partial charge in [-0.3, -0.25) is 14.2 Å². The van der Waals surface area contributed by atoms with Crippen LogP contribution in [0, 0.1) is 12.8 Å². The summed E-state index contributed by atoms with van der Waals surface area (Å²) in [6.45, 7) is 5.74. The third kappa shape index (κ3) is 3.41. The highest BCUT2D eigenvalue weighted by Gasteiger charge is 2.22. The molecular formula is C21H23N3O2S. The molecule has 140 valence electrons. The minimum absolute atomic E-state index is 0.000894. The molecule has 1 fully saturated rings. The SMILES string of the molecule is Cc1c(-c2ccccc2)sc2ncn(CC(=O)N3CCC[C@H](C)C3)c(=O)c12. The van der Waals surface area contributed by atoms with E-state index in [4.69, 9.17) is 0 Å². The van der Waals surface area contributed by atoms with E-state index in [0.29, 0.717) is 11.3 Å². The fourth-order valence-corrected chi connectivity index (χ4v) is 4.94. The lowest BCUT2D eigenvalue weighted by atomic mass is 10.0. The van der Waals surface area contributed by atoms with E-state index in [1.165, 1.54) is 22.2 Å². The molecule has 1 aromatic carbocycles. The first-order valence-corrected chi connectivity index (χ1v) is 10.2. The largest absolute Gasteiger partial charge is 0.341 e. The van der Waals surface area contributed by atoms with E-state index >= 15 is 0 Å². The van der Waals surface area contributed by atoms with Crippen molar-refractivity contribution < 1.29 is 4.79 Å². The normalized spacial score (nSPS) is 17.4. The molecule has 4 rings (SSSR count). The quantitative estimate of drug-likeness (QED) is 0.695. The standard InChI is InChI=1S/C21H23N3O2S/c1-14-7-6-10-23(11-14)17(25)12-24-13-22-20-18(21(24)26)15(2)19(27-20)16-8-4-3-5-9-16/h3-5,8-9,13-14H,6-7,10-12H2,1-2H3/t14-/m0/s1. The number of aryl methyl sites for hydroxylation is 1. The van der Waals surface area contributed by atoms with Crippen LogP contribution in [0.4, 0.5) is 0 Å². The first-order valence-electron chi connectivity index (χ1n) is 9.36. The monoisotopic (exact) mass is 381 g/mol. The molecule has 1 amide bonds. The van der Waals surface area contributed by atoms with Crippen LogP contribution < -0.4 is 5.56 Å². The third-order valence-corrected chi connectivity index (χ3v) is 6.52. The van der Waals surface area contributed by atoms with E-state index in [9.17, 15) is 9.59 Å². The zero-order valence-corrected chi connectivity index (χ0v) is 16.5. The molecule has 0 spiro atoms. The van der Waals surface area contributed by atoms with E-state index in [0.717, 1.165) is 46.8 Å². The molecule has 5 nitrogen and oxygen atoms in total. The number of rotatable bonds is 3. The highest BCUT2D eigenvalue weighted by molar-refractivity contribution is 7.22. The van der Waals surface area contributed by atoms with Gasteiger partial charge < -0.3 is 4.90 Å². The van der Waals surface area contributed by atoms with Crippen LogP contribution in [-0.4, -0.2) is 33.4 Å². The maximum absolute atomic E-state index is 13.0. The Bertz CT molecular complexity index is 1040. The highest BCUT2D eigenvalue weighted by Crippen LogP contribution is 2.35. The molecule has 27 heavy (non-hydrogen) atoms. The second kappa shape index (κ2) is 7.27. The molecule has 0 radical (unpaired) electrons. The molecule has 0 aliphatic carbocycles. The van der Waals surface area contributed by atoms with E-state index in [-0.39, 0.29) is 18.0 Å². The van der Waals surface area contributed by atoms with Gasteiger partial charge in [-0.05, 0) is 36.8 Å². The van der Waals surface area contributed by atoms with Gasteiger partial charge in [0.1, 0.15) is 11.4 Å². The van der Waals surface area contributed by atoms with Crippen LogP contribution in [0.5, 0.6) is 0 Å². The molecule has 0 saturated carbocycles. The van der Waals surface area contributed by atoms with Crippen molar-refractivity contribution in [3.05, 3.63) is 52.6 Å². The van der Waals surface area contributed by atoms with Crippen molar-refractivity contribution in [1.29, 1.82) is 0 Å². The zero-order chi connectivity index (χ0) is 19.0. The molecule has 6 heteroatoms. The van der Waals surface area contributed by atoms with Gasteiger partial charge in [0.05, 0.1) is 11.7 Å². The number of carbonyl (C=O) groups excluding carboxylic acids is 1. The molecule has 2 aromatic heterocycles. The van der Waals surface area contributed by atoms with Gasteiger partial charge in [-0.2, -0.15) is 0 Å².